The Kier molecular flexibility index (Phi) is 6.45. The molecule has 5 heteroatoms. The van der Waals surface area contributed by atoms with Gasteiger partial charge in [0.05, 0.1) is 6.04 Å². The molecule has 0 spiro atoms. The fourth-order valence-electron chi connectivity index (χ4n) is 5.26. The number of nitrogens with one attached hydrogen (secondary N) is 1. The highest BCUT2D eigenvalue weighted by Crippen LogP contribution is 2.33. The molecule has 4 rings (SSSR count). The molecule has 1 saturated heterocycles. The minimum atomic E-state index is -0.165. The molecule has 1 N–H and O–H groups in total. The lowest BCUT2D eigenvalue weighted by molar-refractivity contribution is -0.152. The Bertz CT molecular complexity index is 791. The Hall–Kier alpha value is -2.30. The predicted octanol–water partition coefficient (Wildman–Crippen LogP) is 4.14. The topological polar surface area (TPSA) is 58.6 Å². The summed E-state index contributed by atoms with van der Waals surface area (Å²) in [5.41, 5.74) is 0.935. The van der Waals surface area contributed by atoms with E-state index in [9.17, 15) is 9.59 Å². The van der Waals surface area contributed by atoms with Gasteiger partial charge < -0.3 is 15.0 Å². The quantitative estimate of drug-likeness (QED) is 0.759. The molecule has 2 amide bonds. The second kappa shape index (κ2) is 9.23. The van der Waals surface area contributed by atoms with Crippen LogP contribution in [0.3, 0.4) is 0 Å². The zero-order valence-corrected chi connectivity index (χ0v) is 18.2. The monoisotopic (exact) mass is 410 g/mol. The normalized spacial score (nSPS) is 33.0. The molecule has 0 bridgehead atoms. The van der Waals surface area contributed by atoms with E-state index in [0.29, 0.717) is 17.6 Å². The van der Waals surface area contributed by atoms with Crippen molar-refractivity contribution in [1.29, 1.82) is 0 Å². The molecule has 30 heavy (non-hydrogen) atoms. The van der Waals surface area contributed by atoms with Crippen LogP contribution in [-0.2, 0) is 14.3 Å². The van der Waals surface area contributed by atoms with Gasteiger partial charge in [-0.05, 0) is 49.2 Å². The first-order valence-corrected chi connectivity index (χ1v) is 11.6. The van der Waals surface area contributed by atoms with Crippen molar-refractivity contribution in [3.05, 3.63) is 41.7 Å². The van der Waals surface area contributed by atoms with Crippen molar-refractivity contribution in [1.82, 2.24) is 10.2 Å². The number of fused-ring (bicyclic) bond motifs is 1. The van der Waals surface area contributed by atoms with Crippen LogP contribution >= 0.6 is 0 Å². The molecular weight excluding hydrogens is 376 g/mol. The lowest BCUT2D eigenvalue weighted by Gasteiger charge is -2.44. The van der Waals surface area contributed by atoms with Gasteiger partial charge in [0, 0.05) is 6.04 Å². The van der Waals surface area contributed by atoms with E-state index in [2.05, 4.69) is 19.2 Å². The summed E-state index contributed by atoms with van der Waals surface area (Å²) >= 11 is 0. The molecule has 5 unspecified atom stereocenters. The number of hydrogen-bond donors (Lipinski definition) is 1. The van der Waals surface area contributed by atoms with Crippen LogP contribution in [0.25, 0.3) is 6.08 Å². The average Bonchev–Trinajstić information content (AvgIpc) is 2.75. The minimum Gasteiger partial charge on any atom is -0.482 e. The number of morpholine rings is 1. The van der Waals surface area contributed by atoms with E-state index in [1.54, 1.807) is 4.90 Å². The van der Waals surface area contributed by atoms with E-state index in [4.69, 9.17) is 4.74 Å². The number of ether oxygens (including phenoxy) is 1. The summed E-state index contributed by atoms with van der Waals surface area (Å²) in [5, 5.41) is 3.23. The van der Waals surface area contributed by atoms with Crippen molar-refractivity contribution in [2.24, 2.45) is 11.8 Å². The van der Waals surface area contributed by atoms with Crippen LogP contribution in [0.4, 0.5) is 0 Å². The van der Waals surface area contributed by atoms with E-state index in [1.807, 2.05) is 36.4 Å². The lowest BCUT2D eigenvalue weighted by Crippen LogP contribution is -2.58. The number of carbonyl (C=O) groups excluding carboxylic acids is 2. The van der Waals surface area contributed by atoms with Crippen LogP contribution in [0.2, 0.25) is 0 Å². The molecule has 5 nitrogen and oxygen atoms in total. The van der Waals surface area contributed by atoms with Crippen molar-refractivity contribution >= 4 is 17.9 Å². The fourth-order valence-corrected chi connectivity index (χ4v) is 5.26. The lowest BCUT2D eigenvalue weighted by atomic mass is 9.78. The Morgan fingerprint density at radius 2 is 1.87 bits per heavy atom. The molecule has 5 atom stereocenters. The molecule has 1 aromatic rings. The zero-order chi connectivity index (χ0) is 21.1. The summed E-state index contributed by atoms with van der Waals surface area (Å²) in [5.74, 6) is 1.25. The molecule has 0 aromatic heterocycles. The SMILES string of the molecule is CC1CCCC(NC(=O)CN2C(=O)/C(=C\c3ccccc3)OC3CCCCC32)C1C. The van der Waals surface area contributed by atoms with Crippen molar-refractivity contribution in [3.8, 4) is 0 Å². The predicted molar refractivity (Wildman–Crippen MR) is 117 cm³/mol. The van der Waals surface area contributed by atoms with E-state index in [-0.39, 0.29) is 36.5 Å². The molecule has 3 aliphatic rings. The zero-order valence-electron chi connectivity index (χ0n) is 18.2. The van der Waals surface area contributed by atoms with Crippen LogP contribution in [0.1, 0.15) is 64.4 Å². The Balaban J connectivity index is 1.49. The maximum Gasteiger partial charge on any atom is 0.289 e. The van der Waals surface area contributed by atoms with Crippen molar-refractivity contribution in [3.63, 3.8) is 0 Å². The standard InChI is InChI=1S/C25H34N2O3/c1-17-9-8-12-20(18(17)2)26-24(28)16-27-21-13-6-7-14-22(21)30-23(25(27)29)15-19-10-4-3-5-11-19/h3-5,10-11,15,17-18,20-22H,6-9,12-14,16H2,1-2H3,(H,26,28)/b23-15+. The van der Waals surface area contributed by atoms with Crippen LogP contribution in [0, 0.1) is 11.8 Å². The fraction of sp³-hybridized carbons (Fsp3) is 0.600. The summed E-state index contributed by atoms with van der Waals surface area (Å²) in [6, 6.07) is 9.96. The van der Waals surface area contributed by atoms with Crippen molar-refractivity contribution < 1.29 is 14.3 Å². The summed E-state index contributed by atoms with van der Waals surface area (Å²) in [4.78, 5) is 28.0. The molecular formula is C25H34N2O3. The largest absolute Gasteiger partial charge is 0.482 e. The number of amides is 2. The molecule has 2 aliphatic carbocycles. The first kappa shape index (κ1) is 21.0. The second-order valence-corrected chi connectivity index (χ2v) is 9.30. The van der Waals surface area contributed by atoms with Crippen LogP contribution in [0.5, 0.6) is 0 Å². The maximum atomic E-state index is 13.3. The van der Waals surface area contributed by atoms with Crippen molar-refractivity contribution in [2.75, 3.05) is 6.54 Å². The molecule has 1 aliphatic heterocycles. The van der Waals surface area contributed by atoms with Crippen molar-refractivity contribution in [2.45, 2.75) is 77.0 Å². The van der Waals surface area contributed by atoms with Gasteiger partial charge in [-0.1, -0.05) is 63.4 Å². The third-order valence-electron chi connectivity index (χ3n) is 7.28. The van der Waals surface area contributed by atoms with Crippen LogP contribution in [-0.4, -0.2) is 41.4 Å². The number of hydrogen-bond acceptors (Lipinski definition) is 3. The molecule has 2 saturated carbocycles. The van der Waals surface area contributed by atoms with E-state index in [0.717, 1.165) is 44.1 Å². The number of rotatable bonds is 4. The minimum absolute atomic E-state index is 0.00683. The summed E-state index contributed by atoms with van der Waals surface area (Å²) in [6.45, 7) is 4.61. The Morgan fingerprint density at radius 3 is 2.67 bits per heavy atom. The second-order valence-electron chi connectivity index (χ2n) is 9.30. The highest BCUT2D eigenvalue weighted by molar-refractivity contribution is 5.98. The highest BCUT2D eigenvalue weighted by atomic mass is 16.5. The Labute approximate surface area is 179 Å². The maximum absolute atomic E-state index is 13.3. The van der Waals surface area contributed by atoms with E-state index in [1.165, 1.54) is 6.42 Å². The van der Waals surface area contributed by atoms with Gasteiger partial charge in [-0.2, -0.15) is 0 Å². The molecule has 162 valence electrons. The van der Waals surface area contributed by atoms with Gasteiger partial charge in [0.25, 0.3) is 5.91 Å². The average molecular weight is 411 g/mol. The first-order chi connectivity index (χ1) is 14.5. The first-order valence-electron chi connectivity index (χ1n) is 11.6. The van der Waals surface area contributed by atoms with Crippen LogP contribution in [0.15, 0.2) is 36.1 Å². The van der Waals surface area contributed by atoms with Gasteiger partial charge in [-0.3, -0.25) is 9.59 Å². The van der Waals surface area contributed by atoms with Gasteiger partial charge in [0.15, 0.2) is 5.76 Å². The van der Waals surface area contributed by atoms with Gasteiger partial charge in [-0.25, -0.2) is 0 Å². The van der Waals surface area contributed by atoms with Gasteiger partial charge in [-0.15, -0.1) is 0 Å². The van der Waals surface area contributed by atoms with E-state index >= 15 is 0 Å². The molecule has 1 heterocycles. The van der Waals surface area contributed by atoms with Gasteiger partial charge >= 0.3 is 0 Å². The number of benzene rings is 1. The highest BCUT2D eigenvalue weighted by Gasteiger charge is 2.42. The van der Waals surface area contributed by atoms with Crippen LogP contribution < -0.4 is 5.32 Å². The number of carbonyl (C=O) groups is 2. The summed E-state index contributed by atoms with van der Waals surface area (Å²) in [7, 11) is 0. The van der Waals surface area contributed by atoms with Gasteiger partial charge in [0.2, 0.25) is 5.91 Å². The molecule has 0 radical (unpaired) electrons. The number of nitrogens with zero attached hydrogens (tertiary/aromatic N) is 1. The molecule has 3 fully saturated rings. The third kappa shape index (κ3) is 4.55. The molecule has 1 aromatic carbocycles. The summed E-state index contributed by atoms with van der Waals surface area (Å²) < 4.78 is 6.14. The third-order valence-corrected chi connectivity index (χ3v) is 7.28. The van der Waals surface area contributed by atoms with E-state index < -0.39 is 0 Å². The smallest absolute Gasteiger partial charge is 0.289 e. The summed E-state index contributed by atoms with van der Waals surface area (Å²) in [6.07, 6.45) is 9.21. The van der Waals surface area contributed by atoms with Gasteiger partial charge in [0.1, 0.15) is 12.6 Å². The Morgan fingerprint density at radius 1 is 1.10 bits per heavy atom.